The van der Waals surface area contributed by atoms with Crippen molar-refractivity contribution in [2.24, 2.45) is 0 Å². The molecule has 13 heavy (non-hydrogen) atoms. The first-order valence-corrected chi connectivity index (χ1v) is 3.66. The van der Waals surface area contributed by atoms with Crippen LogP contribution in [0.25, 0.3) is 0 Å². The van der Waals surface area contributed by atoms with Gasteiger partial charge in [0.25, 0.3) is 0 Å². The summed E-state index contributed by atoms with van der Waals surface area (Å²) in [5.74, 6) is -1.84. The van der Waals surface area contributed by atoms with Crippen molar-refractivity contribution in [1.29, 1.82) is 0 Å². The number of hydrogen-bond donors (Lipinski definition) is 0. The molecule has 0 aromatic rings. The van der Waals surface area contributed by atoms with Crippen LogP contribution in [0.5, 0.6) is 0 Å². The lowest BCUT2D eigenvalue weighted by molar-refractivity contribution is -0.138. The van der Waals surface area contributed by atoms with E-state index < -0.39 is 24.0 Å². The molecule has 0 bridgehead atoms. The summed E-state index contributed by atoms with van der Waals surface area (Å²) in [4.78, 5) is 21.7. The van der Waals surface area contributed by atoms with Gasteiger partial charge in [0.2, 0.25) is 5.78 Å². The summed E-state index contributed by atoms with van der Waals surface area (Å²) in [7, 11) is 1.10. The van der Waals surface area contributed by atoms with Gasteiger partial charge in [-0.05, 0) is 6.92 Å². The number of methoxy groups -OCH3 is 1. The molecule has 0 aromatic heterocycles. The normalized spacial score (nSPS) is 10.8. The third-order valence-electron chi connectivity index (χ3n) is 1.19. The zero-order valence-corrected chi connectivity index (χ0v) is 7.50. The van der Waals surface area contributed by atoms with Crippen molar-refractivity contribution in [3.05, 3.63) is 11.8 Å². The second kappa shape index (κ2) is 6.16. The third-order valence-corrected chi connectivity index (χ3v) is 1.19. The van der Waals surface area contributed by atoms with Crippen molar-refractivity contribution in [2.75, 3.05) is 20.4 Å². The quantitative estimate of drug-likeness (QED) is 0.209. The highest BCUT2D eigenvalue weighted by atomic mass is 19.1. The van der Waals surface area contributed by atoms with Crippen LogP contribution < -0.4 is 0 Å². The average Bonchev–Trinajstić information content (AvgIpc) is 2.17. The summed E-state index contributed by atoms with van der Waals surface area (Å²) in [6, 6.07) is 0. The van der Waals surface area contributed by atoms with Gasteiger partial charge in [-0.15, -0.1) is 0 Å². The van der Waals surface area contributed by atoms with Crippen LogP contribution in [0.3, 0.4) is 0 Å². The van der Waals surface area contributed by atoms with Crippen LogP contribution in [0.1, 0.15) is 6.92 Å². The van der Waals surface area contributed by atoms with Gasteiger partial charge < -0.3 is 9.47 Å². The number of hydrogen-bond acceptors (Lipinski definition) is 4. The molecule has 0 amide bonds. The highest BCUT2D eigenvalue weighted by molar-refractivity contribution is 6.17. The van der Waals surface area contributed by atoms with Crippen LogP contribution in [0.15, 0.2) is 11.8 Å². The minimum absolute atomic E-state index is 0.292. The molecule has 0 aliphatic carbocycles. The third kappa shape index (κ3) is 3.68. The Morgan fingerprint density at radius 1 is 1.46 bits per heavy atom. The minimum atomic E-state index is -1.24. The van der Waals surface area contributed by atoms with Crippen molar-refractivity contribution < 1.29 is 23.5 Å². The van der Waals surface area contributed by atoms with Gasteiger partial charge in [-0.2, -0.15) is 0 Å². The lowest BCUT2D eigenvalue weighted by atomic mass is 10.2. The number of rotatable bonds is 5. The SMILES string of the molecule is CCO/C=C(\C(=O)CF)C(=O)OC. The van der Waals surface area contributed by atoms with Gasteiger partial charge >= 0.3 is 5.97 Å². The molecule has 0 N–H and O–H groups in total. The number of esters is 1. The van der Waals surface area contributed by atoms with Crippen molar-refractivity contribution in [1.82, 2.24) is 0 Å². The minimum Gasteiger partial charge on any atom is -0.500 e. The topological polar surface area (TPSA) is 52.6 Å². The van der Waals surface area contributed by atoms with E-state index in [2.05, 4.69) is 4.74 Å². The van der Waals surface area contributed by atoms with E-state index in [0.717, 1.165) is 13.4 Å². The first-order valence-electron chi connectivity index (χ1n) is 3.66. The van der Waals surface area contributed by atoms with Gasteiger partial charge in [0.1, 0.15) is 11.8 Å². The summed E-state index contributed by atoms with van der Waals surface area (Å²) < 4.78 is 20.9. The smallest absolute Gasteiger partial charge is 0.344 e. The van der Waals surface area contributed by atoms with Crippen LogP contribution in [0.4, 0.5) is 4.39 Å². The monoisotopic (exact) mass is 190 g/mol. The maximum absolute atomic E-state index is 11.9. The van der Waals surface area contributed by atoms with Gasteiger partial charge in [-0.25, -0.2) is 9.18 Å². The maximum Gasteiger partial charge on any atom is 0.344 e. The Bertz CT molecular complexity index is 204. The molecule has 0 atom stereocenters. The molecule has 74 valence electrons. The van der Waals surface area contributed by atoms with E-state index in [1.807, 2.05) is 0 Å². The first-order chi connectivity index (χ1) is 6.17. The van der Waals surface area contributed by atoms with Gasteiger partial charge in [0, 0.05) is 0 Å². The Hall–Kier alpha value is -1.39. The Labute approximate surface area is 75.3 Å². The van der Waals surface area contributed by atoms with Crippen LogP contribution in [0, 0.1) is 0 Å². The number of ketones is 1. The number of carbonyl (C=O) groups is 2. The molecule has 0 heterocycles. The molecule has 0 fully saturated rings. The van der Waals surface area contributed by atoms with E-state index >= 15 is 0 Å². The fraction of sp³-hybridized carbons (Fsp3) is 0.500. The lowest BCUT2D eigenvalue weighted by Gasteiger charge is -2.01. The summed E-state index contributed by atoms with van der Waals surface area (Å²) >= 11 is 0. The van der Waals surface area contributed by atoms with E-state index in [1.54, 1.807) is 6.92 Å². The molecule has 4 nitrogen and oxygen atoms in total. The predicted octanol–water partition coefficient (Wildman–Crippen LogP) is 0.618. The number of Topliss-reactive ketones (excluding diaryl/α,β-unsaturated/α-hetero) is 1. The Morgan fingerprint density at radius 2 is 2.08 bits per heavy atom. The first kappa shape index (κ1) is 11.6. The van der Waals surface area contributed by atoms with E-state index in [1.165, 1.54) is 0 Å². The van der Waals surface area contributed by atoms with E-state index in [4.69, 9.17) is 4.74 Å². The van der Waals surface area contributed by atoms with Crippen molar-refractivity contribution in [2.45, 2.75) is 6.92 Å². The molecular weight excluding hydrogens is 179 g/mol. The Kier molecular flexibility index (Phi) is 5.50. The summed E-state index contributed by atoms with van der Waals surface area (Å²) in [6.07, 6.45) is 0.910. The van der Waals surface area contributed by atoms with Crippen LogP contribution in [-0.4, -0.2) is 32.1 Å². The molecule has 0 unspecified atom stereocenters. The molecule has 0 spiro atoms. The second-order valence-electron chi connectivity index (χ2n) is 2.04. The second-order valence-corrected chi connectivity index (χ2v) is 2.04. The van der Waals surface area contributed by atoms with Crippen molar-refractivity contribution in [3.63, 3.8) is 0 Å². The molecule has 0 saturated heterocycles. The van der Waals surface area contributed by atoms with Crippen LogP contribution >= 0.6 is 0 Å². The summed E-state index contributed by atoms with van der Waals surface area (Å²) in [5.41, 5.74) is -0.410. The Morgan fingerprint density at radius 3 is 2.46 bits per heavy atom. The molecule has 0 aromatic carbocycles. The Balaban J connectivity index is 4.54. The van der Waals surface area contributed by atoms with Gasteiger partial charge in [0.15, 0.2) is 6.67 Å². The molecule has 5 heteroatoms. The number of halogens is 1. The fourth-order valence-corrected chi connectivity index (χ4v) is 0.576. The molecule has 0 aliphatic rings. The lowest BCUT2D eigenvalue weighted by Crippen LogP contribution is -2.16. The van der Waals surface area contributed by atoms with Crippen molar-refractivity contribution >= 4 is 11.8 Å². The molecular formula is C8H11FO4. The molecule has 0 saturated carbocycles. The number of alkyl halides is 1. The summed E-state index contributed by atoms with van der Waals surface area (Å²) in [6.45, 7) is 0.722. The standard InChI is InChI=1S/C8H11FO4/c1-3-13-5-6(7(10)4-9)8(11)12-2/h5H,3-4H2,1-2H3/b6-5+. The van der Waals surface area contributed by atoms with E-state index in [9.17, 15) is 14.0 Å². The van der Waals surface area contributed by atoms with E-state index in [-0.39, 0.29) is 0 Å². The van der Waals surface area contributed by atoms with Gasteiger partial charge in [0.05, 0.1) is 13.7 Å². The fourth-order valence-electron chi connectivity index (χ4n) is 0.576. The highest BCUT2D eigenvalue weighted by Gasteiger charge is 2.18. The highest BCUT2D eigenvalue weighted by Crippen LogP contribution is 2.01. The number of carbonyl (C=O) groups excluding carboxylic acids is 2. The zero-order valence-electron chi connectivity index (χ0n) is 7.50. The predicted molar refractivity (Wildman–Crippen MR) is 42.7 cm³/mol. The number of ether oxygens (including phenoxy) is 2. The molecule has 0 aliphatic heterocycles. The molecule has 0 rings (SSSR count). The van der Waals surface area contributed by atoms with Crippen LogP contribution in [-0.2, 0) is 19.1 Å². The summed E-state index contributed by atoms with van der Waals surface area (Å²) in [5, 5.41) is 0. The average molecular weight is 190 g/mol. The van der Waals surface area contributed by atoms with Gasteiger partial charge in [-0.3, -0.25) is 4.79 Å². The van der Waals surface area contributed by atoms with E-state index in [0.29, 0.717) is 6.61 Å². The zero-order chi connectivity index (χ0) is 10.3. The van der Waals surface area contributed by atoms with Crippen molar-refractivity contribution in [3.8, 4) is 0 Å². The van der Waals surface area contributed by atoms with Gasteiger partial charge in [-0.1, -0.05) is 0 Å². The molecule has 0 radical (unpaired) electrons. The largest absolute Gasteiger partial charge is 0.500 e. The maximum atomic E-state index is 11.9. The van der Waals surface area contributed by atoms with Crippen LogP contribution in [0.2, 0.25) is 0 Å².